The van der Waals surface area contributed by atoms with Gasteiger partial charge in [0.1, 0.15) is 17.6 Å². The Morgan fingerprint density at radius 1 is 1.00 bits per heavy atom. The van der Waals surface area contributed by atoms with E-state index in [1.54, 1.807) is 0 Å². The van der Waals surface area contributed by atoms with Gasteiger partial charge in [-0.2, -0.15) is 0 Å². The summed E-state index contributed by atoms with van der Waals surface area (Å²) in [6.07, 6.45) is 3.98. The number of benzene rings is 1. The maximum atomic E-state index is 13.4. The number of anilines is 1. The first kappa shape index (κ1) is 15.5. The Morgan fingerprint density at radius 3 is 2.25 bits per heavy atom. The van der Waals surface area contributed by atoms with Crippen LogP contribution in [0, 0.1) is 29.4 Å². The summed E-state index contributed by atoms with van der Waals surface area (Å²) in [4.78, 5) is 28.5. The van der Waals surface area contributed by atoms with Crippen molar-refractivity contribution in [3.8, 4) is 0 Å². The van der Waals surface area contributed by atoms with Gasteiger partial charge in [-0.1, -0.05) is 6.42 Å². The van der Waals surface area contributed by atoms with Crippen LogP contribution in [0.5, 0.6) is 0 Å². The molecule has 4 rings (SSSR count). The number of fused-ring (bicyclic) bond motifs is 1. The molecule has 0 spiro atoms. The average molecular weight is 334 g/mol. The molecule has 0 radical (unpaired) electrons. The highest BCUT2D eigenvalue weighted by molar-refractivity contribution is 6.09. The molecular formula is C18H20F2N2O2. The molecule has 0 bridgehead atoms. The number of hydrogen-bond acceptors (Lipinski definition) is 2. The van der Waals surface area contributed by atoms with Crippen molar-refractivity contribution >= 4 is 17.5 Å². The maximum absolute atomic E-state index is 13.4. The number of likely N-dealkylation sites (tertiary alicyclic amines) is 1. The predicted octanol–water partition coefficient (Wildman–Crippen LogP) is 2.58. The summed E-state index contributed by atoms with van der Waals surface area (Å²) in [7, 11) is 0. The second-order valence-electron chi connectivity index (χ2n) is 7.15. The lowest BCUT2D eigenvalue weighted by molar-refractivity contribution is -0.139. The number of halogens is 2. The quantitative estimate of drug-likeness (QED) is 0.780. The van der Waals surface area contributed by atoms with Gasteiger partial charge in [0.05, 0.1) is 0 Å². The molecule has 1 saturated carbocycles. The van der Waals surface area contributed by atoms with Gasteiger partial charge in [-0.15, -0.1) is 0 Å². The van der Waals surface area contributed by atoms with E-state index in [0.717, 1.165) is 31.3 Å². The van der Waals surface area contributed by atoms with Gasteiger partial charge in [-0.05, 0) is 43.2 Å². The predicted molar refractivity (Wildman–Crippen MR) is 84.2 cm³/mol. The zero-order valence-electron chi connectivity index (χ0n) is 13.4. The number of rotatable bonds is 2. The largest absolute Gasteiger partial charge is 0.341 e. The first-order chi connectivity index (χ1) is 11.5. The topological polar surface area (TPSA) is 40.6 Å². The van der Waals surface area contributed by atoms with Crippen molar-refractivity contribution in [3.63, 3.8) is 0 Å². The minimum atomic E-state index is -0.722. The molecule has 3 atom stereocenters. The smallest absolute Gasteiger partial charge is 0.239 e. The number of carbonyl (C=O) groups is 2. The van der Waals surface area contributed by atoms with Crippen LogP contribution >= 0.6 is 0 Å². The zero-order chi connectivity index (χ0) is 16.8. The van der Waals surface area contributed by atoms with Crippen molar-refractivity contribution < 1.29 is 18.4 Å². The van der Waals surface area contributed by atoms with Gasteiger partial charge >= 0.3 is 0 Å². The van der Waals surface area contributed by atoms with E-state index in [0.29, 0.717) is 24.8 Å². The fraction of sp³-hybridized carbons (Fsp3) is 0.556. The molecule has 0 unspecified atom stereocenters. The van der Waals surface area contributed by atoms with Crippen molar-refractivity contribution in [1.82, 2.24) is 4.90 Å². The molecule has 0 N–H and O–H groups in total. The summed E-state index contributed by atoms with van der Waals surface area (Å²) in [6.45, 7) is 1.82. The zero-order valence-corrected chi connectivity index (χ0v) is 13.4. The average Bonchev–Trinajstić information content (AvgIpc) is 3.19. The van der Waals surface area contributed by atoms with Gasteiger partial charge in [0.2, 0.25) is 11.8 Å². The standard InChI is InChI=1S/C18H20F2N2O2/c19-13-6-14(20)8-15(7-13)22-5-4-16(18(22)24)17(23)21-9-11-2-1-3-12(11)10-21/h6-8,11-12,16H,1-5,9-10H2/t11-,12-,16+/m1/s1. The summed E-state index contributed by atoms with van der Waals surface area (Å²) < 4.78 is 26.8. The minimum Gasteiger partial charge on any atom is -0.341 e. The third kappa shape index (κ3) is 2.58. The molecule has 0 aromatic heterocycles. The fourth-order valence-electron chi connectivity index (χ4n) is 4.50. The maximum Gasteiger partial charge on any atom is 0.239 e. The molecule has 2 amide bonds. The van der Waals surface area contributed by atoms with Crippen LogP contribution in [0.15, 0.2) is 18.2 Å². The van der Waals surface area contributed by atoms with E-state index in [9.17, 15) is 18.4 Å². The van der Waals surface area contributed by atoms with Gasteiger partial charge in [0.15, 0.2) is 0 Å². The van der Waals surface area contributed by atoms with Crippen LogP contribution in [0.1, 0.15) is 25.7 Å². The molecule has 3 aliphatic rings. The highest BCUT2D eigenvalue weighted by Gasteiger charge is 2.44. The molecule has 128 valence electrons. The Balaban J connectivity index is 1.48. The Labute approximate surface area is 139 Å². The van der Waals surface area contributed by atoms with Crippen molar-refractivity contribution in [2.75, 3.05) is 24.5 Å². The van der Waals surface area contributed by atoms with Gasteiger partial charge in [0, 0.05) is 31.4 Å². The molecular weight excluding hydrogens is 314 g/mol. The van der Waals surface area contributed by atoms with Crippen LogP contribution in [0.4, 0.5) is 14.5 Å². The Kier molecular flexibility index (Phi) is 3.77. The first-order valence-corrected chi connectivity index (χ1v) is 8.59. The van der Waals surface area contributed by atoms with Crippen LogP contribution in [-0.2, 0) is 9.59 Å². The van der Waals surface area contributed by atoms with Crippen molar-refractivity contribution in [2.45, 2.75) is 25.7 Å². The lowest BCUT2D eigenvalue weighted by atomic mass is 10.0. The molecule has 2 saturated heterocycles. The molecule has 2 aliphatic heterocycles. The Hall–Kier alpha value is -1.98. The fourth-order valence-corrected chi connectivity index (χ4v) is 4.50. The van der Waals surface area contributed by atoms with E-state index in [1.807, 2.05) is 4.90 Å². The normalized spacial score (nSPS) is 29.4. The molecule has 1 aromatic carbocycles. The van der Waals surface area contributed by atoms with Crippen LogP contribution in [0.3, 0.4) is 0 Å². The van der Waals surface area contributed by atoms with E-state index in [2.05, 4.69) is 0 Å². The van der Waals surface area contributed by atoms with E-state index < -0.39 is 17.6 Å². The van der Waals surface area contributed by atoms with Gasteiger partial charge in [0.25, 0.3) is 0 Å². The molecule has 1 aromatic rings. The summed E-state index contributed by atoms with van der Waals surface area (Å²) in [6, 6.07) is 3.04. The van der Waals surface area contributed by atoms with Crippen LogP contribution in [-0.4, -0.2) is 36.3 Å². The first-order valence-electron chi connectivity index (χ1n) is 8.59. The lowest BCUT2D eigenvalue weighted by Gasteiger charge is -2.21. The van der Waals surface area contributed by atoms with E-state index in [4.69, 9.17) is 0 Å². The van der Waals surface area contributed by atoms with Crippen LogP contribution < -0.4 is 4.90 Å². The third-order valence-corrected chi connectivity index (χ3v) is 5.70. The van der Waals surface area contributed by atoms with E-state index in [-0.39, 0.29) is 17.5 Å². The summed E-state index contributed by atoms with van der Waals surface area (Å²) in [5.74, 6) is -1.45. The number of nitrogens with zero attached hydrogens (tertiary/aromatic N) is 2. The van der Waals surface area contributed by atoms with Crippen LogP contribution in [0.25, 0.3) is 0 Å². The van der Waals surface area contributed by atoms with Gasteiger partial charge < -0.3 is 9.80 Å². The Morgan fingerprint density at radius 2 is 1.62 bits per heavy atom. The lowest BCUT2D eigenvalue weighted by Crippen LogP contribution is -2.39. The van der Waals surface area contributed by atoms with Crippen molar-refractivity contribution in [1.29, 1.82) is 0 Å². The Bertz CT molecular complexity index is 661. The molecule has 3 fully saturated rings. The van der Waals surface area contributed by atoms with E-state index in [1.165, 1.54) is 24.2 Å². The molecule has 1 aliphatic carbocycles. The molecule has 4 nitrogen and oxygen atoms in total. The highest BCUT2D eigenvalue weighted by atomic mass is 19.1. The van der Waals surface area contributed by atoms with Crippen LogP contribution in [0.2, 0.25) is 0 Å². The van der Waals surface area contributed by atoms with Gasteiger partial charge in [-0.3, -0.25) is 9.59 Å². The molecule has 6 heteroatoms. The van der Waals surface area contributed by atoms with Gasteiger partial charge in [-0.25, -0.2) is 8.78 Å². The minimum absolute atomic E-state index is 0.117. The number of hydrogen-bond donors (Lipinski definition) is 0. The molecule has 24 heavy (non-hydrogen) atoms. The SMILES string of the molecule is O=C([C@@H]1CCN(c2cc(F)cc(F)c2)C1=O)N1C[C@H]2CCC[C@@H]2C1. The third-order valence-electron chi connectivity index (χ3n) is 5.70. The second-order valence-corrected chi connectivity index (χ2v) is 7.15. The van der Waals surface area contributed by atoms with Crippen molar-refractivity contribution in [2.24, 2.45) is 17.8 Å². The summed E-state index contributed by atoms with van der Waals surface area (Å²) in [5.41, 5.74) is 0.186. The number of amides is 2. The monoisotopic (exact) mass is 334 g/mol. The molecule has 2 heterocycles. The number of carbonyl (C=O) groups excluding carboxylic acids is 2. The second kappa shape index (κ2) is 5.83. The van der Waals surface area contributed by atoms with Crippen molar-refractivity contribution in [3.05, 3.63) is 29.8 Å². The summed E-state index contributed by atoms with van der Waals surface area (Å²) >= 11 is 0. The highest BCUT2D eigenvalue weighted by Crippen LogP contribution is 2.39. The van der Waals surface area contributed by atoms with E-state index >= 15 is 0 Å². The summed E-state index contributed by atoms with van der Waals surface area (Å²) in [5, 5.41) is 0.